The van der Waals surface area contributed by atoms with Crippen molar-refractivity contribution in [2.45, 2.75) is 45.5 Å². The first-order chi connectivity index (χ1) is 10.8. The Hall–Kier alpha value is -1.82. The van der Waals surface area contributed by atoms with Crippen molar-refractivity contribution in [1.29, 1.82) is 0 Å². The van der Waals surface area contributed by atoms with Crippen molar-refractivity contribution in [1.82, 2.24) is 14.9 Å². The van der Waals surface area contributed by atoms with Crippen LogP contribution in [-0.2, 0) is 6.42 Å². The fraction of sp³-hybridized carbons (Fsp3) is 0.471. The topological polar surface area (TPSA) is 29.9 Å². The van der Waals surface area contributed by atoms with Gasteiger partial charge in [-0.15, -0.1) is 0 Å². The molecule has 1 heterocycles. The van der Waals surface area contributed by atoms with Crippen LogP contribution in [0.15, 0.2) is 36.8 Å². The maximum atomic E-state index is 13.3. The SMILES string of the molecule is CCc1ccc(-c2cn([C@H](CNC(C)C)C(F)(F)F)cn2)cc1. The van der Waals surface area contributed by atoms with Crippen molar-refractivity contribution in [3.05, 3.63) is 42.4 Å². The van der Waals surface area contributed by atoms with Gasteiger partial charge in [0.15, 0.2) is 0 Å². The highest BCUT2D eigenvalue weighted by Gasteiger charge is 2.40. The van der Waals surface area contributed by atoms with E-state index in [9.17, 15) is 13.2 Å². The number of hydrogen-bond donors (Lipinski definition) is 1. The lowest BCUT2D eigenvalue weighted by molar-refractivity contribution is -0.166. The number of nitrogens with zero attached hydrogens (tertiary/aromatic N) is 2. The summed E-state index contributed by atoms with van der Waals surface area (Å²) in [6.45, 7) is 5.52. The molecule has 0 radical (unpaired) electrons. The van der Waals surface area contributed by atoms with E-state index in [4.69, 9.17) is 0 Å². The predicted octanol–water partition coefficient (Wildman–Crippen LogP) is 4.21. The third kappa shape index (κ3) is 4.58. The first-order valence-corrected chi connectivity index (χ1v) is 7.74. The van der Waals surface area contributed by atoms with E-state index in [0.29, 0.717) is 5.69 Å². The molecule has 0 spiro atoms. The molecule has 0 saturated carbocycles. The van der Waals surface area contributed by atoms with Crippen LogP contribution in [0.25, 0.3) is 11.3 Å². The number of rotatable bonds is 6. The monoisotopic (exact) mass is 325 g/mol. The van der Waals surface area contributed by atoms with E-state index in [1.165, 1.54) is 18.1 Å². The number of halogens is 3. The zero-order valence-corrected chi connectivity index (χ0v) is 13.6. The lowest BCUT2D eigenvalue weighted by Crippen LogP contribution is -2.37. The second kappa shape index (κ2) is 7.17. The van der Waals surface area contributed by atoms with Gasteiger partial charge in [0.25, 0.3) is 0 Å². The van der Waals surface area contributed by atoms with Gasteiger partial charge in [0.2, 0.25) is 0 Å². The number of hydrogen-bond acceptors (Lipinski definition) is 2. The first kappa shape index (κ1) is 17.5. The molecule has 1 aromatic carbocycles. The summed E-state index contributed by atoms with van der Waals surface area (Å²) < 4.78 is 41.0. The van der Waals surface area contributed by atoms with Gasteiger partial charge in [-0.1, -0.05) is 45.0 Å². The highest BCUT2D eigenvalue weighted by Crippen LogP contribution is 2.31. The fourth-order valence-corrected chi connectivity index (χ4v) is 2.30. The number of aromatic nitrogens is 2. The number of benzene rings is 1. The van der Waals surface area contributed by atoms with Crippen molar-refractivity contribution in [3.8, 4) is 11.3 Å². The summed E-state index contributed by atoms with van der Waals surface area (Å²) in [4.78, 5) is 4.14. The first-order valence-electron chi connectivity index (χ1n) is 7.74. The average Bonchev–Trinajstić information content (AvgIpc) is 2.95. The Labute approximate surface area is 134 Å². The Bertz CT molecular complexity index is 615. The van der Waals surface area contributed by atoms with Crippen molar-refractivity contribution >= 4 is 0 Å². The molecule has 2 aromatic rings. The Morgan fingerprint density at radius 3 is 2.35 bits per heavy atom. The third-order valence-electron chi connectivity index (χ3n) is 3.72. The average molecular weight is 325 g/mol. The van der Waals surface area contributed by atoms with E-state index in [1.54, 1.807) is 0 Å². The van der Waals surface area contributed by atoms with Crippen LogP contribution in [0.2, 0.25) is 0 Å². The Balaban J connectivity index is 2.23. The van der Waals surface area contributed by atoms with Crippen LogP contribution in [0.5, 0.6) is 0 Å². The molecule has 1 atom stereocenters. The molecule has 0 aliphatic rings. The minimum absolute atomic E-state index is 0.00979. The molecule has 126 valence electrons. The molecule has 0 fully saturated rings. The van der Waals surface area contributed by atoms with Crippen LogP contribution in [-0.4, -0.2) is 28.3 Å². The Morgan fingerprint density at radius 2 is 1.83 bits per heavy atom. The molecular formula is C17H22F3N3. The summed E-state index contributed by atoms with van der Waals surface area (Å²) in [6, 6.07) is 6.08. The summed E-state index contributed by atoms with van der Waals surface area (Å²) in [5.74, 6) is 0. The maximum Gasteiger partial charge on any atom is 0.410 e. The van der Waals surface area contributed by atoms with Crippen molar-refractivity contribution in [2.24, 2.45) is 0 Å². The molecule has 2 rings (SSSR count). The Morgan fingerprint density at radius 1 is 1.17 bits per heavy atom. The van der Waals surface area contributed by atoms with Crippen LogP contribution in [0.3, 0.4) is 0 Å². The molecule has 0 bridgehead atoms. The van der Waals surface area contributed by atoms with E-state index >= 15 is 0 Å². The highest BCUT2D eigenvalue weighted by molar-refractivity contribution is 5.58. The van der Waals surface area contributed by atoms with Crippen LogP contribution < -0.4 is 5.32 Å². The van der Waals surface area contributed by atoms with Gasteiger partial charge in [0.1, 0.15) is 6.04 Å². The van der Waals surface area contributed by atoms with E-state index in [0.717, 1.165) is 16.6 Å². The largest absolute Gasteiger partial charge is 0.410 e. The van der Waals surface area contributed by atoms with Gasteiger partial charge in [-0.3, -0.25) is 0 Å². The second-order valence-electron chi connectivity index (χ2n) is 5.88. The summed E-state index contributed by atoms with van der Waals surface area (Å²) in [5, 5.41) is 2.85. The second-order valence-corrected chi connectivity index (χ2v) is 5.88. The van der Waals surface area contributed by atoms with E-state index < -0.39 is 12.2 Å². The summed E-state index contributed by atoms with van der Waals surface area (Å²) in [5.41, 5.74) is 2.55. The van der Waals surface area contributed by atoms with Gasteiger partial charge < -0.3 is 9.88 Å². The number of imidazole rings is 1. The smallest absolute Gasteiger partial charge is 0.323 e. The van der Waals surface area contributed by atoms with Crippen LogP contribution in [0.1, 0.15) is 32.4 Å². The van der Waals surface area contributed by atoms with Crippen molar-refractivity contribution < 1.29 is 13.2 Å². The third-order valence-corrected chi connectivity index (χ3v) is 3.72. The zero-order chi connectivity index (χ0) is 17.0. The molecular weight excluding hydrogens is 303 g/mol. The van der Waals surface area contributed by atoms with E-state index in [2.05, 4.69) is 17.2 Å². The molecule has 0 aliphatic carbocycles. The molecule has 0 amide bonds. The van der Waals surface area contributed by atoms with E-state index in [-0.39, 0.29) is 12.6 Å². The highest BCUT2D eigenvalue weighted by atomic mass is 19.4. The maximum absolute atomic E-state index is 13.3. The van der Waals surface area contributed by atoms with Gasteiger partial charge in [-0.25, -0.2) is 4.98 Å². The minimum Gasteiger partial charge on any atom is -0.323 e. The molecule has 23 heavy (non-hydrogen) atoms. The number of alkyl halides is 3. The summed E-state index contributed by atoms with van der Waals surface area (Å²) >= 11 is 0. The molecule has 1 aromatic heterocycles. The lowest BCUT2D eigenvalue weighted by atomic mass is 10.1. The molecule has 3 nitrogen and oxygen atoms in total. The van der Waals surface area contributed by atoms with Crippen LogP contribution in [0, 0.1) is 0 Å². The lowest BCUT2D eigenvalue weighted by Gasteiger charge is -2.23. The van der Waals surface area contributed by atoms with Gasteiger partial charge in [-0.2, -0.15) is 13.2 Å². The van der Waals surface area contributed by atoms with Gasteiger partial charge in [-0.05, 0) is 12.0 Å². The molecule has 0 saturated heterocycles. The zero-order valence-electron chi connectivity index (χ0n) is 13.6. The van der Waals surface area contributed by atoms with Crippen LogP contribution in [0.4, 0.5) is 13.2 Å². The minimum atomic E-state index is -4.33. The number of aryl methyl sites for hydroxylation is 1. The van der Waals surface area contributed by atoms with Crippen molar-refractivity contribution in [3.63, 3.8) is 0 Å². The van der Waals surface area contributed by atoms with Crippen molar-refractivity contribution in [2.75, 3.05) is 6.54 Å². The van der Waals surface area contributed by atoms with Gasteiger partial charge in [0, 0.05) is 24.3 Å². The molecule has 1 N–H and O–H groups in total. The van der Waals surface area contributed by atoms with Crippen LogP contribution >= 0.6 is 0 Å². The standard InChI is InChI=1S/C17H22F3N3/c1-4-13-5-7-14(8-6-13)15-10-23(11-22-15)16(17(18,19)20)9-21-12(2)3/h5-8,10-12,16,21H,4,9H2,1-3H3/t16-/m1/s1. The fourth-order valence-electron chi connectivity index (χ4n) is 2.30. The van der Waals surface area contributed by atoms with E-state index in [1.807, 2.05) is 38.1 Å². The summed E-state index contributed by atoms with van der Waals surface area (Å²) in [6.07, 6.45) is -0.692. The van der Waals surface area contributed by atoms with Gasteiger partial charge >= 0.3 is 6.18 Å². The molecule has 0 unspecified atom stereocenters. The molecule has 6 heteroatoms. The quantitative estimate of drug-likeness (QED) is 0.862. The summed E-state index contributed by atoms with van der Waals surface area (Å²) in [7, 11) is 0. The molecule has 0 aliphatic heterocycles. The van der Waals surface area contributed by atoms with Gasteiger partial charge in [0.05, 0.1) is 12.0 Å². The number of nitrogens with one attached hydrogen (secondary N) is 1. The Kier molecular flexibility index (Phi) is 5.46. The predicted molar refractivity (Wildman–Crippen MR) is 85.3 cm³/mol. The normalized spacial score (nSPS) is 13.5.